The second-order valence-corrected chi connectivity index (χ2v) is 7.19. The van der Waals surface area contributed by atoms with E-state index in [1.165, 1.54) is 5.56 Å². The quantitative estimate of drug-likeness (QED) is 0.582. The smallest absolute Gasteiger partial charge is 0.337 e. The fraction of sp³-hybridized carbons (Fsp3) is 0.250. The number of rotatable bonds is 7. The predicted octanol–water partition coefficient (Wildman–Crippen LogP) is 5.43. The van der Waals surface area contributed by atoms with E-state index in [9.17, 15) is 9.90 Å². The van der Waals surface area contributed by atoms with Crippen molar-refractivity contribution in [3.8, 4) is 22.8 Å². The van der Waals surface area contributed by atoms with E-state index in [0.717, 1.165) is 11.1 Å². The van der Waals surface area contributed by atoms with Crippen molar-refractivity contribution in [2.75, 3.05) is 0 Å². The summed E-state index contributed by atoms with van der Waals surface area (Å²) in [5.41, 5.74) is 4.23. The highest BCUT2D eigenvalue weighted by Gasteiger charge is 2.16. The molecule has 1 aromatic heterocycles. The van der Waals surface area contributed by atoms with Crippen LogP contribution in [0.2, 0.25) is 0 Å². The molecule has 0 fully saturated rings. The molecule has 5 heteroatoms. The minimum Gasteiger partial charge on any atom is -0.490 e. The van der Waals surface area contributed by atoms with Gasteiger partial charge in [0.05, 0.1) is 23.1 Å². The van der Waals surface area contributed by atoms with Gasteiger partial charge in [0.2, 0.25) is 0 Å². The molecule has 0 atom stereocenters. The lowest BCUT2D eigenvalue weighted by atomic mass is 10.1. The first kappa shape index (κ1) is 20.4. The molecule has 29 heavy (non-hydrogen) atoms. The largest absolute Gasteiger partial charge is 0.490 e. The molecule has 0 saturated heterocycles. The Labute approximate surface area is 171 Å². The van der Waals surface area contributed by atoms with Gasteiger partial charge in [-0.25, -0.2) is 9.78 Å². The number of para-hydroxylation sites is 1. The number of carboxylic acids is 1. The van der Waals surface area contributed by atoms with E-state index >= 15 is 0 Å². The average molecular weight is 391 g/mol. The molecular formula is C24H25NO4. The van der Waals surface area contributed by atoms with E-state index in [1.807, 2.05) is 70.2 Å². The molecule has 0 spiro atoms. The third kappa shape index (κ3) is 4.93. The summed E-state index contributed by atoms with van der Waals surface area (Å²) < 4.78 is 11.7. The van der Waals surface area contributed by atoms with Crippen LogP contribution in [0.3, 0.4) is 0 Å². The molecule has 0 saturated carbocycles. The lowest BCUT2D eigenvalue weighted by Crippen LogP contribution is -2.10. The van der Waals surface area contributed by atoms with Crippen LogP contribution in [-0.2, 0) is 6.61 Å². The fourth-order valence-corrected chi connectivity index (χ4v) is 2.95. The predicted molar refractivity (Wildman–Crippen MR) is 113 cm³/mol. The van der Waals surface area contributed by atoms with Crippen LogP contribution in [0.4, 0.5) is 0 Å². The van der Waals surface area contributed by atoms with Gasteiger partial charge in [-0.3, -0.25) is 0 Å². The van der Waals surface area contributed by atoms with E-state index in [-0.39, 0.29) is 18.3 Å². The number of pyridine rings is 1. The van der Waals surface area contributed by atoms with Gasteiger partial charge < -0.3 is 14.6 Å². The third-order valence-electron chi connectivity index (χ3n) is 4.58. The number of hydrogen-bond donors (Lipinski definition) is 1. The zero-order valence-corrected chi connectivity index (χ0v) is 17.1. The average Bonchev–Trinajstić information content (AvgIpc) is 2.68. The Kier molecular flexibility index (Phi) is 6.17. The first-order valence-corrected chi connectivity index (χ1v) is 9.54. The highest BCUT2D eigenvalue weighted by Crippen LogP contribution is 2.30. The Hall–Kier alpha value is -3.34. The molecule has 0 aliphatic heterocycles. The molecule has 3 rings (SSSR count). The van der Waals surface area contributed by atoms with E-state index in [0.29, 0.717) is 22.9 Å². The second kappa shape index (κ2) is 8.78. The zero-order valence-electron chi connectivity index (χ0n) is 17.1. The number of ether oxygens (including phenoxy) is 2. The monoisotopic (exact) mass is 391 g/mol. The zero-order chi connectivity index (χ0) is 21.0. The molecule has 1 N–H and O–H groups in total. The van der Waals surface area contributed by atoms with Crippen molar-refractivity contribution in [2.45, 2.75) is 40.4 Å². The molecule has 2 aromatic carbocycles. The van der Waals surface area contributed by atoms with Gasteiger partial charge >= 0.3 is 5.97 Å². The Morgan fingerprint density at radius 1 is 1.03 bits per heavy atom. The first-order valence-electron chi connectivity index (χ1n) is 9.54. The van der Waals surface area contributed by atoms with E-state index in [2.05, 4.69) is 4.98 Å². The van der Waals surface area contributed by atoms with E-state index in [4.69, 9.17) is 9.47 Å². The standard InChI is InChI=1S/C24H25NO4/c1-15(2)29-23-8-6-5-7-19(23)21-12-11-20(24(26)27)22(25-21)14-28-18-10-9-16(3)17(4)13-18/h5-13,15H,14H2,1-4H3,(H,26,27). The van der Waals surface area contributed by atoms with Crippen LogP contribution >= 0.6 is 0 Å². The molecule has 0 unspecified atom stereocenters. The lowest BCUT2D eigenvalue weighted by Gasteiger charge is -2.15. The Balaban J connectivity index is 1.94. The molecule has 1 heterocycles. The summed E-state index contributed by atoms with van der Waals surface area (Å²) in [6, 6.07) is 16.6. The van der Waals surface area contributed by atoms with Crippen LogP contribution in [0.15, 0.2) is 54.6 Å². The summed E-state index contributed by atoms with van der Waals surface area (Å²) in [6.45, 7) is 8.02. The van der Waals surface area contributed by atoms with Crippen molar-refractivity contribution in [1.82, 2.24) is 4.98 Å². The number of benzene rings is 2. The Bertz CT molecular complexity index is 1030. The Morgan fingerprint density at radius 3 is 2.48 bits per heavy atom. The maximum atomic E-state index is 11.7. The Morgan fingerprint density at radius 2 is 1.79 bits per heavy atom. The maximum absolute atomic E-state index is 11.7. The number of aryl methyl sites for hydroxylation is 2. The van der Waals surface area contributed by atoms with Gasteiger partial charge in [-0.2, -0.15) is 0 Å². The minimum atomic E-state index is -1.03. The number of nitrogens with zero attached hydrogens (tertiary/aromatic N) is 1. The molecule has 150 valence electrons. The summed E-state index contributed by atoms with van der Waals surface area (Å²) in [6.07, 6.45) is 0.0158. The summed E-state index contributed by atoms with van der Waals surface area (Å²) >= 11 is 0. The van der Waals surface area contributed by atoms with Gasteiger partial charge in [-0.05, 0) is 75.2 Å². The number of carboxylic acid groups (broad SMARTS) is 1. The number of aromatic nitrogens is 1. The lowest BCUT2D eigenvalue weighted by molar-refractivity contribution is 0.0693. The van der Waals surface area contributed by atoms with Crippen LogP contribution in [0, 0.1) is 13.8 Å². The van der Waals surface area contributed by atoms with Gasteiger partial charge in [-0.1, -0.05) is 18.2 Å². The molecule has 0 aliphatic rings. The number of carbonyl (C=O) groups is 1. The van der Waals surface area contributed by atoms with Crippen LogP contribution in [0.5, 0.6) is 11.5 Å². The summed E-state index contributed by atoms with van der Waals surface area (Å²) in [4.78, 5) is 16.3. The van der Waals surface area contributed by atoms with E-state index in [1.54, 1.807) is 12.1 Å². The minimum absolute atomic E-state index is 0.0158. The van der Waals surface area contributed by atoms with Crippen LogP contribution in [-0.4, -0.2) is 22.2 Å². The molecule has 3 aromatic rings. The summed E-state index contributed by atoms with van der Waals surface area (Å²) in [7, 11) is 0. The van der Waals surface area contributed by atoms with Crippen LogP contribution in [0.1, 0.15) is 41.0 Å². The fourth-order valence-electron chi connectivity index (χ4n) is 2.95. The van der Waals surface area contributed by atoms with Gasteiger partial charge in [0.15, 0.2) is 0 Å². The van der Waals surface area contributed by atoms with Gasteiger partial charge in [-0.15, -0.1) is 0 Å². The highest BCUT2D eigenvalue weighted by molar-refractivity contribution is 5.89. The number of aromatic carboxylic acids is 1. The van der Waals surface area contributed by atoms with Crippen molar-refractivity contribution >= 4 is 5.97 Å². The van der Waals surface area contributed by atoms with Crippen molar-refractivity contribution in [1.29, 1.82) is 0 Å². The summed E-state index contributed by atoms with van der Waals surface area (Å²) in [5.74, 6) is 0.355. The summed E-state index contributed by atoms with van der Waals surface area (Å²) in [5, 5.41) is 9.56. The van der Waals surface area contributed by atoms with Crippen molar-refractivity contribution < 1.29 is 19.4 Å². The third-order valence-corrected chi connectivity index (χ3v) is 4.58. The van der Waals surface area contributed by atoms with Gasteiger partial charge in [0, 0.05) is 5.56 Å². The maximum Gasteiger partial charge on any atom is 0.337 e. The first-order chi connectivity index (χ1) is 13.8. The second-order valence-electron chi connectivity index (χ2n) is 7.19. The molecule has 5 nitrogen and oxygen atoms in total. The topological polar surface area (TPSA) is 68.7 Å². The van der Waals surface area contributed by atoms with Crippen molar-refractivity contribution in [3.63, 3.8) is 0 Å². The molecule has 0 amide bonds. The van der Waals surface area contributed by atoms with Crippen LogP contribution < -0.4 is 9.47 Å². The SMILES string of the molecule is Cc1ccc(OCc2nc(-c3ccccc3OC(C)C)ccc2C(=O)O)cc1C. The molecule has 0 bridgehead atoms. The molecular weight excluding hydrogens is 366 g/mol. The van der Waals surface area contributed by atoms with Crippen molar-refractivity contribution in [3.05, 3.63) is 77.0 Å². The molecule has 0 aliphatic carbocycles. The highest BCUT2D eigenvalue weighted by atomic mass is 16.5. The van der Waals surface area contributed by atoms with Crippen LogP contribution in [0.25, 0.3) is 11.3 Å². The van der Waals surface area contributed by atoms with E-state index < -0.39 is 5.97 Å². The number of hydrogen-bond acceptors (Lipinski definition) is 4. The van der Waals surface area contributed by atoms with Gasteiger partial charge in [0.25, 0.3) is 0 Å². The van der Waals surface area contributed by atoms with Crippen molar-refractivity contribution in [2.24, 2.45) is 0 Å². The normalized spacial score (nSPS) is 10.8. The molecule has 0 radical (unpaired) electrons. The van der Waals surface area contributed by atoms with Gasteiger partial charge in [0.1, 0.15) is 18.1 Å².